The Morgan fingerprint density at radius 3 is 2.42 bits per heavy atom. The predicted octanol–water partition coefficient (Wildman–Crippen LogP) is 2.55. The molecule has 0 bridgehead atoms. The molecular formula is C15H22N2O2. The van der Waals surface area contributed by atoms with Gasteiger partial charge in [-0.1, -0.05) is 0 Å². The lowest BCUT2D eigenvalue weighted by Gasteiger charge is -2.21. The fraction of sp³-hybridized carbons (Fsp3) is 0.533. The van der Waals surface area contributed by atoms with Gasteiger partial charge < -0.3 is 15.4 Å². The molecule has 4 nitrogen and oxygen atoms in total. The summed E-state index contributed by atoms with van der Waals surface area (Å²) in [6.07, 6.45) is 2.37. The van der Waals surface area contributed by atoms with E-state index in [4.69, 9.17) is 4.74 Å². The lowest BCUT2D eigenvalue weighted by Crippen LogP contribution is -2.29. The number of carbonyl (C=O) groups is 1. The van der Waals surface area contributed by atoms with Crippen molar-refractivity contribution < 1.29 is 9.53 Å². The van der Waals surface area contributed by atoms with Crippen LogP contribution in [0.3, 0.4) is 0 Å². The SMILES string of the molecule is CC(C)(C)Oc1ccc(NC(=O)CNC2CC2)cc1. The monoisotopic (exact) mass is 262 g/mol. The van der Waals surface area contributed by atoms with Crippen molar-refractivity contribution in [2.24, 2.45) is 0 Å². The van der Waals surface area contributed by atoms with Crippen molar-refractivity contribution >= 4 is 11.6 Å². The van der Waals surface area contributed by atoms with Crippen LogP contribution in [0.5, 0.6) is 5.75 Å². The van der Waals surface area contributed by atoms with Crippen LogP contribution >= 0.6 is 0 Å². The van der Waals surface area contributed by atoms with Gasteiger partial charge in [0.1, 0.15) is 11.4 Å². The van der Waals surface area contributed by atoms with Gasteiger partial charge in [0.15, 0.2) is 0 Å². The van der Waals surface area contributed by atoms with Crippen LogP contribution in [0.2, 0.25) is 0 Å². The molecule has 0 aromatic heterocycles. The maximum Gasteiger partial charge on any atom is 0.238 e. The first-order chi connectivity index (χ1) is 8.92. The Bertz CT molecular complexity index is 430. The number of hydrogen-bond donors (Lipinski definition) is 2. The number of nitrogens with one attached hydrogen (secondary N) is 2. The van der Waals surface area contributed by atoms with Crippen molar-refractivity contribution in [3.05, 3.63) is 24.3 Å². The van der Waals surface area contributed by atoms with Crippen LogP contribution in [0.15, 0.2) is 24.3 Å². The minimum atomic E-state index is -0.209. The van der Waals surface area contributed by atoms with Crippen molar-refractivity contribution in [3.8, 4) is 5.75 Å². The summed E-state index contributed by atoms with van der Waals surface area (Å²) in [6, 6.07) is 8.00. The van der Waals surface area contributed by atoms with Crippen LogP contribution in [-0.4, -0.2) is 24.1 Å². The molecule has 1 amide bonds. The second-order valence-electron chi connectivity index (χ2n) is 5.94. The standard InChI is InChI=1S/C15H22N2O2/c1-15(2,3)19-13-8-6-12(7-9-13)17-14(18)10-16-11-4-5-11/h6-9,11,16H,4-5,10H2,1-3H3,(H,17,18). The lowest BCUT2D eigenvalue weighted by atomic mass is 10.2. The van der Waals surface area contributed by atoms with E-state index in [0.717, 1.165) is 11.4 Å². The maximum absolute atomic E-state index is 11.7. The van der Waals surface area contributed by atoms with E-state index in [-0.39, 0.29) is 11.5 Å². The minimum Gasteiger partial charge on any atom is -0.488 e. The average molecular weight is 262 g/mol. The van der Waals surface area contributed by atoms with Gasteiger partial charge in [0.25, 0.3) is 0 Å². The van der Waals surface area contributed by atoms with Crippen LogP contribution in [0.1, 0.15) is 33.6 Å². The first-order valence-corrected chi connectivity index (χ1v) is 6.75. The fourth-order valence-electron chi connectivity index (χ4n) is 1.69. The minimum absolute atomic E-state index is 0.00334. The third-order valence-electron chi connectivity index (χ3n) is 2.69. The van der Waals surface area contributed by atoms with Gasteiger partial charge in [-0.2, -0.15) is 0 Å². The summed E-state index contributed by atoms with van der Waals surface area (Å²) in [7, 11) is 0. The summed E-state index contributed by atoms with van der Waals surface area (Å²) in [5, 5.41) is 6.04. The van der Waals surface area contributed by atoms with Gasteiger partial charge in [-0.3, -0.25) is 4.79 Å². The number of amides is 1. The van der Waals surface area contributed by atoms with Crippen LogP contribution in [-0.2, 0) is 4.79 Å². The highest BCUT2D eigenvalue weighted by molar-refractivity contribution is 5.92. The van der Waals surface area contributed by atoms with Gasteiger partial charge in [0, 0.05) is 11.7 Å². The first kappa shape index (κ1) is 13.9. The van der Waals surface area contributed by atoms with E-state index in [0.29, 0.717) is 12.6 Å². The zero-order valence-electron chi connectivity index (χ0n) is 11.8. The molecule has 1 fully saturated rings. The summed E-state index contributed by atoms with van der Waals surface area (Å²) in [6.45, 7) is 6.40. The second kappa shape index (κ2) is 5.61. The summed E-state index contributed by atoms with van der Waals surface area (Å²) in [5.74, 6) is 0.804. The second-order valence-corrected chi connectivity index (χ2v) is 5.94. The number of ether oxygens (including phenoxy) is 1. The molecular weight excluding hydrogens is 240 g/mol. The Balaban J connectivity index is 1.81. The fourth-order valence-corrected chi connectivity index (χ4v) is 1.69. The lowest BCUT2D eigenvalue weighted by molar-refractivity contribution is -0.115. The molecule has 0 aliphatic heterocycles. The van der Waals surface area contributed by atoms with E-state index < -0.39 is 0 Å². The molecule has 2 rings (SSSR count). The van der Waals surface area contributed by atoms with E-state index >= 15 is 0 Å². The largest absolute Gasteiger partial charge is 0.488 e. The summed E-state index contributed by atoms with van der Waals surface area (Å²) in [4.78, 5) is 11.7. The highest BCUT2D eigenvalue weighted by Gasteiger charge is 2.21. The first-order valence-electron chi connectivity index (χ1n) is 6.75. The molecule has 1 saturated carbocycles. The van der Waals surface area contributed by atoms with Gasteiger partial charge in [-0.25, -0.2) is 0 Å². The molecule has 0 spiro atoms. The molecule has 0 saturated heterocycles. The third kappa shape index (κ3) is 5.30. The van der Waals surface area contributed by atoms with Crippen LogP contribution < -0.4 is 15.4 Å². The molecule has 1 aromatic rings. The normalized spacial score (nSPS) is 15.1. The molecule has 104 valence electrons. The highest BCUT2D eigenvalue weighted by atomic mass is 16.5. The van der Waals surface area contributed by atoms with Crippen molar-refractivity contribution in [1.82, 2.24) is 5.32 Å². The third-order valence-corrected chi connectivity index (χ3v) is 2.69. The van der Waals surface area contributed by atoms with Crippen LogP contribution in [0.4, 0.5) is 5.69 Å². The molecule has 2 N–H and O–H groups in total. The van der Waals surface area contributed by atoms with E-state index in [2.05, 4.69) is 10.6 Å². The smallest absolute Gasteiger partial charge is 0.238 e. The van der Waals surface area contributed by atoms with Crippen LogP contribution in [0.25, 0.3) is 0 Å². The zero-order chi connectivity index (χ0) is 13.9. The molecule has 19 heavy (non-hydrogen) atoms. The quantitative estimate of drug-likeness (QED) is 0.857. The molecule has 1 aromatic carbocycles. The van der Waals surface area contributed by atoms with Gasteiger partial charge >= 0.3 is 0 Å². The van der Waals surface area contributed by atoms with E-state index in [1.807, 2.05) is 45.0 Å². The number of rotatable bonds is 5. The number of anilines is 1. The topological polar surface area (TPSA) is 50.4 Å². The Hall–Kier alpha value is -1.55. The Kier molecular flexibility index (Phi) is 4.10. The molecule has 0 radical (unpaired) electrons. The molecule has 4 heteroatoms. The predicted molar refractivity (Wildman–Crippen MR) is 76.5 cm³/mol. The van der Waals surface area contributed by atoms with Crippen molar-refractivity contribution in [2.75, 3.05) is 11.9 Å². The van der Waals surface area contributed by atoms with Gasteiger partial charge in [0.2, 0.25) is 5.91 Å². The summed E-state index contributed by atoms with van der Waals surface area (Å²) >= 11 is 0. The van der Waals surface area contributed by atoms with E-state index in [9.17, 15) is 4.79 Å². The maximum atomic E-state index is 11.7. The van der Waals surface area contributed by atoms with Crippen molar-refractivity contribution in [2.45, 2.75) is 45.3 Å². The molecule has 0 heterocycles. The van der Waals surface area contributed by atoms with Crippen LogP contribution in [0, 0.1) is 0 Å². The number of hydrogen-bond acceptors (Lipinski definition) is 3. The van der Waals surface area contributed by atoms with Crippen molar-refractivity contribution in [3.63, 3.8) is 0 Å². The molecule has 0 atom stereocenters. The Morgan fingerprint density at radius 1 is 1.26 bits per heavy atom. The Labute approximate surface area is 114 Å². The zero-order valence-corrected chi connectivity index (χ0v) is 11.8. The number of carbonyl (C=O) groups excluding carboxylic acids is 1. The average Bonchev–Trinajstić information content (AvgIpc) is 3.11. The Morgan fingerprint density at radius 2 is 1.89 bits per heavy atom. The van der Waals surface area contributed by atoms with Gasteiger partial charge in [0.05, 0.1) is 6.54 Å². The van der Waals surface area contributed by atoms with Crippen molar-refractivity contribution in [1.29, 1.82) is 0 Å². The molecule has 0 unspecified atom stereocenters. The summed E-state index contributed by atoms with van der Waals surface area (Å²) in [5.41, 5.74) is 0.586. The highest BCUT2D eigenvalue weighted by Crippen LogP contribution is 2.20. The summed E-state index contributed by atoms with van der Waals surface area (Å²) < 4.78 is 5.72. The van der Waals surface area contributed by atoms with E-state index in [1.54, 1.807) is 0 Å². The van der Waals surface area contributed by atoms with E-state index in [1.165, 1.54) is 12.8 Å². The molecule has 1 aliphatic carbocycles. The molecule has 1 aliphatic rings. The van der Waals surface area contributed by atoms with Gasteiger partial charge in [-0.15, -0.1) is 0 Å². The number of benzene rings is 1. The van der Waals surface area contributed by atoms with Gasteiger partial charge in [-0.05, 0) is 57.9 Å².